The van der Waals surface area contributed by atoms with E-state index in [4.69, 9.17) is 5.11 Å². The van der Waals surface area contributed by atoms with Gasteiger partial charge >= 0.3 is 5.97 Å². The summed E-state index contributed by atoms with van der Waals surface area (Å²) in [7, 11) is 0. The second-order valence-electron chi connectivity index (χ2n) is 4.68. The van der Waals surface area contributed by atoms with Crippen molar-refractivity contribution in [1.29, 1.82) is 0 Å². The molecule has 2 nitrogen and oxygen atoms in total. The first-order chi connectivity index (χ1) is 7.77. The van der Waals surface area contributed by atoms with E-state index in [1.165, 1.54) is 57.8 Å². The van der Waals surface area contributed by atoms with Gasteiger partial charge in [-0.2, -0.15) is 0 Å². The monoisotopic (exact) mass is 460 g/mol. The van der Waals surface area contributed by atoms with Crippen molar-refractivity contribution in [2.75, 3.05) is 0 Å². The number of carboxylic acids is 1. The maximum absolute atomic E-state index is 10.3. The van der Waals surface area contributed by atoms with Gasteiger partial charge < -0.3 is 5.11 Å². The van der Waals surface area contributed by atoms with Gasteiger partial charge in [0.25, 0.3) is 0 Å². The summed E-state index contributed by atoms with van der Waals surface area (Å²) in [4.78, 5) is 10.3. The van der Waals surface area contributed by atoms with Gasteiger partial charge in [0.15, 0.2) is 0 Å². The number of carboxylic acid groups (broad SMARTS) is 1. The molecule has 0 rings (SSSR count). The molecular formula is C14H28O2Th. The van der Waals surface area contributed by atoms with Crippen LogP contribution in [0.4, 0.5) is 0 Å². The molecule has 0 aliphatic carbocycles. The Morgan fingerprint density at radius 2 is 1.12 bits per heavy atom. The maximum atomic E-state index is 10.3. The summed E-state index contributed by atoms with van der Waals surface area (Å²) < 4.78 is 0. The quantitative estimate of drug-likeness (QED) is 0.426. The second kappa shape index (κ2) is 16.8. The zero-order valence-corrected chi connectivity index (χ0v) is 15.5. The Kier molecular flexibility index (Phi) is 19.9. The number of unbranched alkanes of at least 4 members (excludes halogenated alkanes) is 10. The van der Waals surface area contributed by atoms with Crippen molar-refractivity contribution in [3.05, 3.63) is 0 Å². The van der Waals surface area contributed by atoms with Gasteiger partial charge in [-0.25, -0.2) is 0 Å². The minimum absolute atomic E-state index is 0. The van der Waals surface area contributed by atoms with Gasteiger partial charge in [0.1, 0.15) is 0 Å². The van der Waals surface area contributed by atoms with Crippen molar-refractivity contribution in [2.24, 2.45) is 0 Å². The summed E-state index contributed by atoms with van der Waals surface area (Å²) in [6.07, 6.45) is 14.4. The molecule has 0 unspecified atom stereocenters. The average Bonchev–Trinajstić information content (AvgIpc) is 2.25. The molecular weight excluding hydrogens is 432 g/mol. The van der Waals surface area contributed by atoms with E-state index >= 15 is 0 Å². The van der Waals surface area contributed by atoms with Gasteiger partial charge in [-0.15, -0.1) is 0 Å². The first-order valence-corrected chi connectivity index (χ1v) is 6.99. The maximum Gasteiger partial charge on any atom is 0.303 e. The van der Waals surface area contributed by atoms with E-state index in [0.29, 0.717) is 6.42 Å². The molecule has 0 spiro atoms. The summed E-state index contributed by atoms with van der Waals surface area (Å²) in [5.41, 5.74) is 0. The Bertz CT molecular complexity index is 160. The molecule has 0 aromatic rings. The van der Waals surface area contributed by atoms with E-state index in [-0.39, 0.29) is 39.9 Å². The van der Waals surface area contributed by atoms with Crippen LogP contribution in [0.2, 0.25) is 0 Å². The van der Waals surface area contributed by atoms with Crippen molar-refractivity contribution < 1.29 is 49.8 Å². The molecule has 17 heavy (non-hydrogen) atoms. The van der Waals surface area contributed by atoms with Gasteiger partial charge in [-0.3, -0.25) is 4.79 Å². The molecule has 0 amide bonds. The Balaban J connectivity index is 0. The van der Waals surface area contributed by atoms with Crippen LogP contribution in [0.3, 0.4) is 0 Å². The molecule has 3 heteroatoms. The Morgan fingerprint density at radius 3 is 1.47 bits per heavy atom. The first-order valence-electron chi connectivity index (χ1n) is 6.99. The van der Waals surface area contributed by atoms with Gasteiger partial charge in [-0.05, 0) is 6.42 Å². The molecule has 0 aliphatic rings. The zero-order valence-electron chi connectivity index (χ0n) is 11.3. The van der Waals surface area contributed by atoms with Crippen LogP contribution >= 0.6 is 0 Å². The Morgan fingerprint density at radius 1 is 0.765 bits per heavy atom. The van der Waals surface area contributed by atoms with Crippen LogP contribution in [0.1, 0.15) is 84.0 Å². The minimum Gasteiger partial charge on any atom is -0.481 e. The van der Waals surface area contributed by atoms with E-state index in [2.05, 4.69) is 6.92 Å². The van der Waals surface area contributed by atoms with Crippen LogP contribution in [0.25, 0.3) is 0 Å². The number of hydrogen-bond donors (Lipinski definition) is 1. The summed E-state index contributed by atoms with van der Waals surface area (Å²) in [6, 6.07) is 0. The van der Waals surface area contributed by atoms with E-state index in [1.54, 1.807) is 0 Å². The van der Waals surface area contributed by atoms with E-state index in [0.717, 1.165) is 12.8 Å². The molecule has 0 aromatic heterocycles. The molecule has 0 saturated carbocycles. The van der Waals surface area contributed by atoms with Crippen LogP contribution in [-0.4, -0.2) is 11.1 Å². The molecule has 0 aliphatic heterocycles. The van der Waals surface area contributed by atoms with Gasteiger partial charge in [-0.1, -0.05) is 71.1 Å². The minimum atomic E-state index is -0.657. The van der Waals surface area contributed by atoms with Crippen molar-refractivity contribution in [3.63, 3.8) is 0 Å². The van der Waals surface area contributed by atoms with Crippen LogP contribution in [-0.2, 0) is 4.79 Å². The van der Waals surface area contributed by atoms with Crippen molar-refractivity contribution in [2.45, 2.75) is 84.0 Å². The van der Waals surface area contributed by atoms with Crippen LogP contribution in [0.15, 0.2) is 0 Å². The molecule has 0 heterocycles. The largest absolute Gasteiger partial charge is 0.481 e. The number of aliphatic carboxylic acids is 1. The third kappa shape index (κ3) is 19.3. The predicted octanol–water partition coefficient (Wildman–Crippen LogP) is 4.77. The predicted molar refractivity (Wildman–Crippen MR) is 68.7 cm³/mol. The van der Waals surface area contributed by atoms with E-state index in [1.807, 2.05) is 0 Å². The average molecular weight is 460 g/mol. The molecule has 0 fully saturated rings. The molecule has 0 aromatic carbocycles. The Labute approximate surface area is 139 Å². The van der Waals surface area contributed by atoms with E-state index < -0.39 is 5.97 Å². The SMILES string of the molecule is CCCCCCCCCCCCCC(=O)O.[Th]. The summed E-state index contributed by atoms with van der Waals surface area (Å²) in [6.45, 7) is 2.25. The topological polar surface area (TPSA) is 37.3 Å². The molecule has 0 bridgehead atoms. The van der Waals surface area contributed by atoms with Gasteiger partial charge in [0, 0.05) is 46.4 Å². The van der Waals surface area contributed by atoms with Crippen molar-refractivity contribution >= 4 is 5.97 Å². The Hall–Kier alpha value is 0.795. The molecule has 0 atom stereocenters. The van der Waals surface area contributed by atoms with Crippen molar-refractivity contribution in [3.8, 4) is 0 Å². The summed E-state index contributed by atoms with van der Waals surface area (Å²) in [5, 5.41) is 8.46. The van der Waals surface area contributed by atoms with Crippen LogP contribution < -0.4 is 0 Å². The molecule has 100 valence electrons. The number of carbonyl (C=O) groups is 1. The van der Waals surface area contributed by atoms with Crippen LogP contribution in [0.5, 0.6) is 0 Å². The van der Waals surface area contributed by atoms with E-state index in [9.17, 15) is 4.79 Å². The smallest absolute Gasteiger partial charge is 0.303 e. The fourth-order valence-electron chi connectivity index (χ4n) is 1.94. The second-order valence-corrected chi connectivity index (χ2v) is 4.68. The third-order valence-electron chi connectivity index (χ3n) is 2.99. The molecule has 1 N–H and O–H groups in total. The first kappa shape index (κ1) is 20.1. The normalized spacial score (nSPS) is 9.94. The third-order valence-corrected chi connectivity index (χ3v) is 2.99. The summed E-state index contributed by atoms with van der Waals surface area (Å²) in [5.74, 6) is -0.657. The standard InChI is InChI=1S/C14H28O2.Th/c1-2-3-4-5-6-7-8-9-10-11-12-13-14(15)16;/h2-13H2,1H3,(H,15,16);. The van der Waals surface area contributed by atoms with Gasteiger partial charge in [0.2, 0.25) is 0 Å². The van der Waals surface area contributed by atoms with Crippen LogP contribution in [0, 0.1) is 39.9 Å². The fraction of sp³-hybridized carbons (Fsp3) is 0.929. The van der Waals surface area contributed by atoms with Gasteiger partial charge in [0.05, 0.1) is 0 Å². The number of rotatable bonds is 12. The molecule has 0 radical (unpaired) electrons. The zero-order chi connectivity index (χ0) is 12.1. The molecule has 0 saturated heterocycles. The van der Waals surface area contributed by atoms with Crippen molar-refractivity contribution in [1.82, 2.24) is 0 Å². The summed E-state index contributed by atoms with van der Waals surface area (Å²) >= 11 is 0. The number of hydrogen-bond acceptors (Lipinski definition) is 1. The fourth-order valence-corrected chi connectivity index (χ4v) is 1.94.